The zero-order chi connectivity index (χ0) is 16.4. The first kappa shape index (κ1) is 15.0. The number of hydrogen-bond acceptors (Lipinski definition) is 4. The van der Waals surface area contributed by atoms with Gasteiger partial charge in [0.2, 0.25) is 0 Å². The van der Waals surface area contributed by atoms with Gasteiger partial charge in [0.05, 0.1) is 0 Å². The number of aromatic nitrogens is 2. The maximum absolute atomic E-state index is 12.1. The molecule has 1 fully saturated rings. The van der Waals surface area contributed by atoms with E-state index in [-0.39, 0.29) is 17.2 Å². The summed E-state index contributed by atoms with van der Waals surface area (Å²) in [7, 11) is 1.48. The Bertz CT molecular complexity index is 807. The molecule has 3 rings (SSSR count). The Labute approximate surface area is 132 Å². The van der Waals surface area contributed by atoms with E-state index in [1.54, 1.807) is 24.3 Å². The van der Waals surface area contributed by atoms with E-state index in [2.05, 4.69) is 15.7 Å². The van der Waals surface area contributed by atoms with Crippen molar-refractivity contribution in [1.29, 1.82) is 0 Å². The van der Waals surface area contributed by atoms with Gasteiger partial charge in [-0.2, -0.15) is 5.10 Å². The molecule has 0 radical (unpaired) electrons. The highest BCUT2D eigenvalue weighted by Gasteiger charge is 2.23. The van der Waals surface area contributed by atoms with Crippen LogP contribution in [0.1, 0.15) is 33.7 Å². The Morgan fingerprint density at radius 3 is 2.39 bits per heavy atom. The Balaban J connectivity index is 1.67. The van der Waals surface area contributed by atoms with Crippen molar-refractivity contribution in [2.75, 3.05) is 5.32 Å². The van der Waals surface area contributed by atoms with Crippen LogP contribution in [0.5, 0.6) is 0 Å². The van der Waals surface area contributed by atoms with Gasteiger partial charge in [0, 0.05) is 30.4 Å². The summed E-state index contributed by atoms with van der Waals surface area (Å²) in [6.07, 6.45) is 2.07. The summed E-state index contributed by atoms with van der Waals surface area (Å²) in [5.41, 5.74) is 0.957. The maximum Gasteiger partial charge on any atom is 0.276 e. The van der Waals surface area contributed by atoms with E-state index in [9.17, 15) is 14.4 Å². The van der Waals surface area contributed by atoms with E-state index in [1.165, 1.54) is 19.2 Å². The summed E-state index contributed by atoms with van der Waals surface area (Å²) in [6, 6.07) is 9.58. The van der Waals surface area contributed by atoms with Gasteiger partial charge >= 0.3 is 0 Å². The summed E-state index contributed by atoms with van der Waals surface area (Å²) in [5, 5.41) is 9.46. The van der Waals surface area contributed by atoms with E-state index < -0.39 is 5.91 Å². The molecule has 118 valence electrons. The summed E-state index contributed by atoms with van der Waals surface area (Å²) >= 11 is 0. The van der Waals surface area contributed by atoms with Crippen LogP contribution in [0, 0.1) is 0 Å². The highest BCUT2D eigenvalue weighted by atomic mass is 16.2. The quantitative estimate of drug-likeness (QED) is 0.878. The average molecular weight is 312 g/mol. The molecule has 1 aromatic carbocycles. The SMILES string of the molecule is Cn1nc(C(=O)Nc2ccc(C(=O)NC3CC3)cc2)ccc1=O. The van der Waals surface area contributed by atoms with Crippen molar-refractivity contribution in [1.82, 2.24) is 15.1 Å². The minimum absolute atomic E-state index is 0.106. The number of nitrogens with one attached hydrogen (secondary N) is 2. The van der Waals surface area contributed by atoms with E-state index in [0.29, 0.717) is 17.3 Å². The molecule has 0 unspecified atom stereocenters. The molecule has 1 aliphatic rings. The molecule has 2 aromatic rings. The summed E-state index contributed by atoms with van der Waals surface area (Å²) in [6.45, 7) is 0. The van der Waals surface area contributed by atoms with Crippen LogP contribution in [0.2, 0.25) is 0 Å². The number of carbonyl (C=O) groups excluding carboxylic acids is 2. The predicted molar refractivity (Wildman–Crippen MR) is 84.4 cm³/mol. The largest absolute Gasteiger partial charge is 0.349 e. The Morgan fingerprint density at radius 2 is 1.78 bits per heavy atom. The van der Waals surface area contributed by atoms with Crippen LogP contribution in [-0.4, -0.2) is 27.6 Å². The molecule has 0 spiro atoms. The first-order chi connectivity index (χ1) is 11.0. The lowest BCUT2D eigenvalue weighted by molar-refractivity contribution is 0.0950. The van der Waals surface area contributed by atoms with Crippen molar-refractivity contribution >= 4 is 17.5 Å². The van der Waals surface area contributed by atoms with Gasteiger partial charge in [0.25, 0.3) is 17.4 Å². The van der Waals surface area contributed by atoms with E-state index in [1.807, 2.05) is 0 Å². The standard InChI is InChI=1S/C16H16N4O3/c1-20-14(21)9-8-13(19-20)16(23)18-11-4-2-10(3-5-11)15(22)17-12-6-7-12/h2-5,8-9,12H,6-7H2,1H3,(H,17,22)(H,18,23). The van der Waals surface area contributed by atoms with Crippen molar-refractivity contribution in [3.8, 4) is 0 Å². The topological polar surface area (TPSA) is 93.1 Å². The number of benzene rings is 1. The van der Waals surface area contributed by atoms with Crippen molar-refractivity contribution in [3.05, 3.63) is 58.0 Å². The van der Waals surface area contributed by atoms with Gasteiger partial charge in [0.1, 0.15) is 5.69 Å². The zero-order valence-corrected chi connectivity index (χ0v) is 12.6. The first-order valence-corrected chi connectivity index (χ1v) is 7.29. The fourth-order valence-electron chi connectivity index (χ4n) is 2.02. The number of amides is 2. The number of nitrogens with zero attached hydrogens (tertiary/aromatic N) is 2. The third-order valence-electron chi connectivity index (χ3n) is 3.51. The van der Waals surface area contributed by atoms with Crippen molar-refractivity contribution < 1.29 is 9.59 Å². The molecule has 1 heterocycles. The Hall–Kier alpha value is -2.96. The maximum atomic E-state index is 12.1. The van der Waals surface area contributed by atoms with Gasteiger partial charge in [-0.25, -0.2) is 4.68 Å². The van der Waals surface area contributed by atoms with Crippen LogP contribution >= 0.6 is 0 Å². The molecular formula is C16H16N4O3. The van der Waals surface area contributed by atoms with Gasteiger partial charge in [-0.15, -0.1) is 0 Å². The molecule has 7 heteroatoms. The minimum atomic E-state index is -0.421. The third kappa shape index (κ3) is 3.63. The fourth-order valence-corrected chi connectivity index (χ4v) is 2.02. The summed E-state index contributed by atoms with van der Waals surface area (Å²) in [5.74, 6) is -0.527. The number of hydrogen-bond donors (Lipinski definition) is 2. The normalized spacial score (nSPS) is 13.4. The first-order valence-electron chi connectivity index (χ1n) is 7.29. The zero-order valence-electron chi connectivity index (χ0n) is 12.6. The molecular weight excluding hydrogens is 296 g/mol. The van der Waals surface area contributed by atoms with E-state index in [0.717, 1.165) is 17.5 Å². The fraction of sp³-hybridized carbons (Fsp3) is 0.250. The van der Waals surface area contributed by atoms with Crippen LogP contribution < -0.4 is 16.2 Å². The molecule has 1 aromatic heterocycles. The smallest absolute Gasteiger partial charge is 0.276 e. The molecule has 0 bridgehead atoms. The second-order valence-electron chi connectivity index (χ2n) is 5.46. The molecule has 23 heavy (non-hydrogen) atoms. The Morgan fingerprint density at radius 1 is 1.09 bits per heavy atom. The predicted octanol–water partition coefficient (Wildman–Crippen LogP) is 0.925. The lowest BCUT2D eigenvalue weighted by Crippen LogP contribution is -2.25. The molecule has 0 saturated heterocycles. The van der Waals surface area contributed by atoms with Crippen LogP contribution in [0.3, 0.4) is 0 Å². The summed E-state index contributed by atoms with van der Waals surface area (Å²) in [4.78, 5) is 35.2. The molecule has 2 N–H and O–H groups in total. The Kier molecular flexibility index (Phi) is 3.92. The van der Waals surface area contributed by atoms with Crippen LogP contribution in [0.4, 0.5) is 5.69 Å². The lowest BCUT2D eigenvalue weighted by Gasteiger charge is -2.07. The van der Waals surface area contributed by atoms with Crippen LogP contribution in [0.15, 0.2) is 41.2 Å². The second-order valence-corrected chi connectivity index (χ2v) is 5.46. The average Bonchev–Trinajstić information content (AvgIpc) is 3.34. The van der Waals surface area contributed by atoms with Crippen LogP contribution in [-0.2, 0) is 7.05 Å². The highest BCUT2D eigenvalue weighted by molar-refractivity contribution is 6.03. The highest BCUT2D eigenvalue weighted by Crippen LogP contribution is 2.19. The molecule has 2 amide bonds. The minimum Gasteiger partial charge on any atom is -0.349 e. The van der Waals surface area contributed by atoms with Gasteiger partial charge in [0.15, 0.2) is 0 Å². The van der Waals surface area contributed by atoms with Gasteiger partial charge in [-0.1, -0.05) is 0 Å². The molecule has 0 atom stereocenters. The molecule has 1 aliphatic carbocycles. The van der Waals surface area contributed by atoms with Crippen molar-refractivity contribution in [2.45, 2.75) is 18.9 Å². The third-order valence-corrected chi connectivity index (χ3v) is 3.51. The molecule has 1 saturated carbocycles. The van der Waals surface area contributed by atoms with Crippen LogP contribution in [0.25, 0.3) is 0 Å². The van der Waals surface area contributed by atoms with Gasteiger partial charge < -0.3 is 10.6 Å². The number of anilines is 1. The van der Waals surface area contributed by atoms with E-state index >= 15 is 0 Å². The molecule has 0 aliphatic heterocycles. The summed E-state index contributed by atoms with van der Waals surface area (Å²) < 4.78 is 1.10. The lowest BCUT2D eigenvalue weighted by atomic mass is 10.2. The van der Waals surface area contributed by atoms with Crippen molar-refractivity contribution in [3.63, 3.8) is 0 Å². The number of carbonyl (C=O) groups is 2. The number of rotatable bonds is 4. The number of aryl methyl sites for hydroxylation is 1. The van der Waals surface area contributed by atoms with Gasteiger partial charge in [-0.05, 0) is 43.2 Å². The molecule has 7 nitrogen and oxygen atoms in total. The monoisotopic (exact) mass is 312 g/mol. The second kappa shape index (κ2) is 6.04. The van der Waals surface area contributed by atoms with Crippen molar-refractivity contribution in [2.24, 2.45) is 7.05 Å². The van der Waals surface area contributed by atoms with Gasteiger partial charge in [-0.3, -0.25) is 14.4 Å². The van der Waals surface area contributed by atoms with E-state index in [4.69, 9.17) is 0 Å².